The first-order valence-electron chi connectivity index (χ1n) is 6.97. The molecule has 112 valence electrons. The van der Waals surface area contributed by atoms with Crippen molar-refractivity contribution in [3.05, 3.63) is 47.8 Å². The van der Waals surface area contributed by atoms with E-state index < -0.39 is 0 Å². The van der Waals surface area contributed by atoms with Crippen LogP contribution in [0.15, 0.2) is 36.7 Å². The van der Waals surface area contributed by atoms with Crippen LogP contribution in [0.2, 0.25) is 0 Å². The smallest absolute Gasteiger partial charge is 0.251 e. The van der Waals surface area contributed by atoms with Crippen molar-refractivity contribution in [1.82, 2.24) is 15.1 Å². The molecular weight excluding hydrogens is 268 g/mol. The first kappa shape index (κ1) is 15.1. The summed E-state index contributed by atoms with van der Waals surface area (Å²) in [6, 6.07) is 7.23. The van der Waals surface area contributed by atoms with Gasteiger partial charge < -0.3 is 15.7 Å². The third-order valence-corrected chi connectivity index (χ3v) is 3.05. The molecule has 3 N–H and O–H groups in total. The number of rotatable bonds is 7. The van der Waals surface area contributed by atoms with E-state index in [2.05, 4.69) is 15.7 Å². The third kappa shape index (κ3) is 4.32. The number of benzene rings is 1. The van der Waals surface area contributed by atoms with Gasteiger partial charge >= 0.3 is 0 Å². The Morgan fingerprint density at radius 1 is 1.33 bits per heavy atom. The molecule has 2 rings (SSSR count). The van der Waals surface area contributed by atoms with Crippen molar-refractivity contribution in [2.45, 2.75) is 20.0 Å². The number of aromatic nitrogens is 2. The number of carbonyl (C=O) groups is 1. The molecule has 0 saturated carbocycles. The van der Waals surface area contributed by atoms with E-state index in [0.717, 1.165) is 17.8 Å². The van der Waals surface area contributed by atoms with Gasteiger partial charge in [-0.25, -0.2) is 0 Å². The summed E-state index contributed by atoms with van der Waals surface area (Å²) in [7, 11) is 0. The maximum Gasteiger partial charge on any atom is 0.251 e. The van der Waals surface area contributed by atoms with Crippen LogP contribution in [0, 0.1) is 0 Å². The second-order valence-electron chi connectivity index (χ2n) is 4.61. The minimum absolute atomic E-state index is 0.0587. The molecule has 0 unspecified atom stereocenters. The molecule has 0 saturated heterocycles. The fourth-order valence-electron chi connectivity index (χ4n) is 1.89. The third-order valence-electron chi connectivity index (χ3n) is 3.05. The van der Waals surface area contributed by atoms with Gasteiger partial charge in [0.25, 0.3) is 5.91 Å². The Balaban J connectivity index is 1.88. The lowest BCUT2D eigenvalue weighted by Crippen LogP contribution is -2.26. The Kier molecular flexibility index (Phi) is 5.34. The fraction of sp³-hybridized carbons (Fsp3) is 0.333. The molecule has 0 bridgehead atoms. The lowest BCUT2D eigenvalue weighted by Gasteiger charge is -2.07. The molecule has 0 atom stereocenters. The maximum absolute atomic E-state index is 11.7. The summed E-state index contributed by atoms with van der Waals surface area (Å²) >= 11 is 0. The number of aliphatic hydroxyl groups excluding tert-OH is 1. The van der Waals surface area contributed by atoms with Crippen LogP contribution in [0.1, 0.15) is 22.8 Å². The Morgan fingerprint density at radius 2 is 2.10 bits per heavy atom. The van der Waals surface area contributed by atoms with E-state index in [-0.39, 0.29) is 19.1 Å². The van der Waals surface area contributed by atoms with Crippen molar-refractivity contribution in [3.63, 3.8) is 0 Å². The number of hydrogen-bond acceptors (Lipinski definition) is 4. The van der Waals surface area contributed by atoms with Crippen LogP contribution < -0.4 is 10.6 Å². The molecule has 0 aliphatic heterocycles. The zero-order valence-electron chi connectivity index (χ0n) is 12.0. The number of hydrogen-bond donors (Lipinski definition) is 3. The van der Waals surface area contributed by atoms with E-state index in [1.165, 1.54) is 0 Å². The van der Waals surface area contributed by atoms with Crippen molar-refractivity contribution in [1.29, 1.82) is 0 Å². The van der Waals surface area contributed by atoms with Crippen molar-refractivity contribution < 1.29 is 9.90 Å². The standard InChI is InChI=1S/C15H20N4O2/c1-2-19-11-12(10-18-19)9-17-14-5-3-13(4-6-14)15(21)16-7-8-20/h3-6,10-11,17,20H,2,7-9H2,1H3,(H,16,21). The van der Waals surface area contributed by atoms with Gasteiger partial charge in [-0.1, -0.05) is 0 Å². The molecule has 21 heavy (non-hydrogen) atoms. The van der Waals surface area contributed by atoms with Crippen molar-refractivity contribution >= 4 is 11.6 Å². The highest BCUT2D eigenvalue weighted by Crippen LogP contribution is 2.11. The Morgan fingerprint density at radius 3 is 2.71 bits per heavy atom. The summed E-state index contributed by atoms with van der Waals surface area (Å²) in [4.78, 5) is 11.7. The van der Waals surface area contributed by atoms with E-state index >= 15 is 0 Å². The van der Waals surface area contributed by atoms with E-state index in [1.807, 2.05) is 36.1 Å². The number of nitrogens with one attached hydrogen (secondary N) is 2. The average Bonchev–Trinajstić information content (AvgIpc) is 2.99. The van der Waals surface area contributed by atoms with Crippen LogP contribution in [0.5, 0.6) is 0 Å². The largest absolute Gasteiger partial charge is 0.395 e. The van der Waals surface area contributed by atoms with Crippen molar-refractivity contribution in [2.24, 2.45) is 0 Å². The SMILES string of the molecule is CCn1cc(CNc2ccc(C(=O)NCCO)cc2)cn1. The molecule has 6 heteroatoms. The van der Waals surface area contributed by atoms with E-state index in [1.54, 1.807) is 12.1 Å². The fourth-order valence-corrected chi connectivity index (χ4v) is 1.89. The number of aryl methyl sites for hydroxylation is 1. The average molecular weight is 288 g/mol. The van der Waals surface area contributed by atoms with Crippen LogP contribution in [-0.2, 0) is 13.1 Å². The van der Waals surface area contributed by atoms with Gasteiger partial charge in [0.1, 0.15) is 0 Å². The predicted octanol–water partition coefficient (Wildman–Crippen LogP) is 1.24. The first-order valence-corrected chi connectivity index (χ1v) is 6.97. The second-order valence-corrected chi connectivity index (χ2v) is 4.61. The number of nitrogens with zero attached hydrogens (tertiary/aromatic N) is 2. The Bertz CT molecular complexity index is 578. The molecule has 6 nitrogen and oxygen atoms in total. The summed E-state index contributed by atoms with van der Waals surface area (Å²) in [6.45, 7) is 3.80. The zero-order valence-corrected chi connectivity index (χ0v) is 12.0. The van der Waals surface area contributed by atoms with Gasteiger partial charge in [0.15, 0.2) is 0 Å². The molecule has 2 aromatic rings. The molecule has 0 aliphatic rings. The van der Waals surface area contributed by atoms with Crippen LogP contribution in [0.4, 0.5) is 5.69 Å². The molecular formula is C15H20N4O2. The number of carbonyl (C=O) groups excluding carboxylic acids is 1. The summed E-state index contributed by atoms with van der Waals surface area (Å²) < 4.78 is 1.88. The minimum atomic E-state index is -0.181. The van der Waals surface area contributed by atoms with Gasteiger partial charge in [0.2, 0.25) is 0 Å². The van der Waals surface area contributed by atoms with Gasteiger partial charge in [-0.15, -0.1) is 0 Å². The molecule has 0 spiro atoms. The van der Waals surface area contributed by atoms with Gasteiger partial charge in [0.05, 0.1) is 12.8 Å². The van der Waals surface area contributed by atoms with Crippen LogP contribution in [0.25, 0.3) is 0 Å². The van der Waals surface area contributed by atoms with E-state index in [9.17, 15) is 4.79 Å². The van der Waals surface area contributed by atoms with E-state index in [0.29, 0.717) is 12.1 Å². The van der Waals surface area contributed by atoms with Crippen molar-refractivity contribution in [2.75, 3.05) is 18.5 Å². The molecule has 0 radical (unpaired) electrons. The summed E-state index contributed by atoms with van der Waals surface area (Å²) in [5.74, 6) is -0.181. The zero-order chi connectivity index (χ0) is 15.1. The monoisotopic (exact) mass is 288 g/mol. The number of aliphatic hydroxyl groups is 1. The normalized spacial score (nSPS) is 10.4. The second kappa shape index (κ2) is 7.44. The van der Waals surface area contributed by atoms with Crippen LogP contribution >= 0.6 is 0 Å². The lowest BCUT2D eigenvalue weighted by atomic mass is 10.2. The molecule has 1 aromatic heterocycles. The van der Waals surface area contributed by atoms with Gasteiger partial charge in [-0.3, -0.25) is 9.48 Å². The maximum atomic E-state index is 11.7. The Labute approximate surface area is 123 Å². The lowest BCUT2D eigenvalue weighted by molar-refractivity contribution is 0.0945. The highest BCUT2D eigenvalue weighted by molar-refractivity contribution is 5.94. The molecule has 1 heterocycles. The molecule has 0 aliphatic carbocycles. The molecule has 0 fully saturated rings. The topological polar surface area (TPSA) is 79.2 Å². The van der Waals surface area contributed by atoms with Gasteiger partial charge in [-0.05, 0) is 31.2 Å². The number of amides is 1. The predicted molar refractivity (Wildman–Crippen MR) is 81.1 cm³/mol. The first-order chi connectivity index (χ1) is 10.2. The molecule has 1 amide bonds. The van der Waals surface area contributed by atoms with Crippen molar-refractivity contribution in [3.8, 4) is 0 Å². The highest BCUT2D eigenvalue weighted by atomic mass is 16.3. The van der Waals surface area contributed by atoms with Crippen LogP contribution in [0.3, 0.4) is 0 Å². The Hall–Kier alpha value is -2.34. The summed E-state index contributed by atoms with van der Waals surface area (Å²) in [5, 5.41) is 18.8. The van der Waals surface area contributed by atoms with Gasteiger partial charge in [-0.2, -0.15) is 5.10 Å². The van der Waals surface area contributed by atoms with Gasteiger partial charge in [0, 0.05) is 42.6 Å². The quantitative estimate of drug-likeness (QED) is 0.716. The summed E-state index contributed by atoms with van der Waals surface area (Å²) in [6.07, 6.45) is 3.84. The van der Waals surface area contributed by atoms with E-state index in [4.69, 9.17) is 5.11 Å². The van der Waals surface area contributed by atoms with Crippen LogP contribution in [-0.4, -0.2) is 33.9 Å². The number of anilines is 1. The summed E-state index contributed by atoms with van der Waals surface area (Å²) in [5.41, 5.74) is 2.63. The highest BCUT2D eigenvalue weighted by Gasteiger charge is 2.04. The minimum Gasteiger partial charge on any atom is -0.395 e. The molecule has 1 aromatic carbocycles.